The molecule has 4 fully saturated rings. The number of likely N-dealkylation sites (N-methyl/N-ethyl adjacent to an activating group) is 1. The largest absolute Gasteiger partial charge is 0.481 e. The number of hydrogen-bond donors (Lipinski definition) is 3. The zero-order chi connectivity index (χ0) is 41.2. The van der Waals surface area contributed by atoms with Crippen LogP contribution in [-0.4, -0.2) is 71.7 Å². The molecule has 5 aliphatic carbocycles. The first kappa shape index (κ1) is 43.3. The predicted octanol–water partition coefficient (Wildman–Crippen LogP) is 9.12. The third-order valence-electron chi connectivity index (χ3n) is 16.9. The Bertz CT molecular complexity index is 1700. The molecule has 1 aromatic rings. The lowest BCUT2D eigenvalue weighted by Gasteiger charge is -2.72. The summed E-state index contributed by atoms with van der Waals surface area (Å²) in [4.78, 5) is 41.5. The summed E-state index contributed by atoms with van der Waals surface area (Å²) in [5.74, 6) is 0.000592. The summed E-state index contributed by atoms with van der Waals surface area (Å²) in [5.41, 5.74) is 1.53. The monoisotopic (exact) mass is 795 g/mol. The first-order chi connectivity index (χ1) is 26.1. The van der Waals surface area contributed by atoms with Gasteiger partial charge in [-0.2, -0.15) is 0 Å². The van der Waals surface area contributed by atoms with Gasteiger partial charge in [-0.25, -0.2) is 0 Å². The molecule has 56 heavy (non-hydrogen) atoms. The molecule has 0 amide bonds. The van der Waals surface area contributed by atoms with Crippen LogP contribution in [0.1, 0.15) is 132 Å². The number of benzene rings is 1. The third-order valence-corrected chi connectivity index (χ3v) is 17.2. The minimum absolute atomic E-state index is 0.0296. The molecule has 0 saturated heterocycles. The molecule has 9 atom stereocenters. The second-order valence-electron chi connectivity index (χ2n) is 21.0. The Hall–Kier alpha value is -2.26. The van der Waals surface area contributed by atoms with Crippen LogP contribution in [0.4, 0.5) is 0 Å². The smallest absolute Gasteiger partial charge is 0.309 e. The number of carboxylic acid groups (broad SMARTS) is 1. The van der Waals surface area contributed by atoms with E-state index in [4.69, 9.17) is 16.3 Å². The Labute approximate surface area is 341 Å². The molecule has 0 spiro atoms. The number of aliphatic carboxylic acids is 1. The molecule has 0 heterocycles. The Balaban J connectivity index is 1.28. The minimum Gasteiger partial charge on any atom is -0.481 e. The minimum atomic E-state index is -1.17. The first-order valence-corrected chi connectivity index (χ1v) is 22.0. The van der Waals surface area contributed by atoms with E-state index in [2.05, 4.69) is 70.8 Å². The fourth-order valence-corrected chi connectivity index (χ4v) is 13.8. The van der Waals surface area contributed by atoms with Crippen molar-refractivity contribution in [2.75, 3.05) is 26.7 Å². The number of ether oxygens (including phenoxy) is 1. The van der Waals surface area contributed by atoms with Crippen LogP contribution in [0.25, 0.3) is 0 Å². The van der Waals surface area contributed by atoms with Gasteiger partial charge in [-0.05, 0) is 135 Å². The summed E-state index contributed by atoms with van der Waals surface area (Å²) >= 11 is 6.22. The molecule has 0 aromatic heterocycles. The lowest BCUT2D eigenvalue weighted by molar-refractivity contribution is -0.235. The summed E-state index contributed by atoms with van der Waals surface area (Å²) in [7, 11) is 1.96. The number of carboxylic acids is 1. The molecule has 0 radical (unpaired) electrons. The van der Waals surface area contributed by atoms with Crippen molar-refractivity contribution in [2.45, 2.75) is 145 Å². The molecule has 312 valence electrons. The zero-order valence-corrected chi connectivity index (χ0v) is 36.8. The summed E-state index contributed by atoms with van der Waals surface area (Å²) in [6.45, 7) is 22.5. The number of ketones is 1. The highest BCUT2D eigenvalue weighted by molar-refractivity contribution is 6.30. The van der Waals surface area contributed by atoms with Crippen molar-refractivity contribution in [3.63, 3.8) is 0 Å². The normalized spacial score (nSPS) is 35.8. The van der Waals surface area contributed by atoms with E-state index in [0.29, 0.717) is 36.4 Å². The topological polar surface area (TPSA) is 116 Å². The fourth-order valence-electron chi connectivity index (χ4n) is 13.7. The van der Waals surface area contributed by atoms with Crippen LogP contribution < -0.4 is 5.32 Å². The van der Waals surface area contributed by atoms with E-state index in [1.54, 1.807) is 13.8 Å². The van der Waals surface area contributed by atoms with Crippen molar-refractivity contribution in [1.82, 2.24) is 10.2 Å². The number of fused-ring (bicyclic) bond motifs is 7. The van der Waals surface area contributed by atoms with Gasteiger partial charge >= 0.3 is 11.9 Å². The lowest BCUT2D eigenvalue weighted by Crippen LogP contribution is -2.66. The lowest BCUT2D eigenvalue weighted by atomic mass is 9.33. The van der Waals surface area contributed by atoms with Crippen molar-refractivity contribution in [1.29, 1.82) is 0 Å². The van der Waals surface area contributed by atoms with Gasteiger partial charge in [-0.15, -0.1) is 0 Å². The number of aliphatic hydroxyl groups excluding tert-OH is 1. The van der Waals surface area contributed by atoms with E-state index >= 15 is 0 Å². The quantitative estimate of drug-likeness (QED) is 0.170. The number of carbonyl (C=O) groups excluding carboxylic acids is 2. The van der Waals surface area contributed by atoms with Crippen molar-refractivity contribution < 1.29 is 29.3 Å². The van der Waals surface area contributed by atoms with Gasteiger partial charge < -0.3 is 20.3 Å². The predicted molar refractivity (Wildman–Crippen MR) is 222 cm³/mol. The van der Waals surface area contributed by atoms with E-state index in [9.17, 15) is 24.6 Å². The second kappa shape index (κ2) is 15.4. The van der Waals surface area contributed by atoms with Gasteiger partial charge in [-0.1, -0.05) is 77.8 Å². The second-order valence-corrected chi connectivity index (χ2v) is 21.5. The molecule has 2 unspecified atom stereocenters. The van der Waals surface area contributed by atoms with Gasteiger partial charge in [0, 0.05) is 48.5 Å². The molecule has 5 aliphatic rings. The van der Waals surface area contributed by atoms with Crippen molar-refractivity contribution in [3.05, 3.63) is 46.0 Å². The Morgan fingerprint density at radius 2 is 1.64 bits per heavy atom. The van der Waals surface area contributed by atoms with Crippen molar-refractivity contribution in [3.8, 4) is 0 Å². The standard InChI is InChI=1S/C47H71ClN2O6/c1-29(2)39-33(51)25-47(36(52)28-50(24-23-49-10)27-30-11-13-31(48)14-12-30)22-21-45(8)32(40(39)47)15-16-35-44(7)19-18-37(56-38(53)26-42(3,4)41(54)55)43(5,6)34(44)17-20-46(35,45)9/h11-14,29,32,34-37,49,52H,15-28H2,1-10H3,(H,54,55)/t32-,34+,35?,36?,37+,44+,45-,46-,47+/m1/s1. The van der Waals surface area contributed by atoms with Crippen LogP contribution in [0, 0.1) is 56.2 Å². The number of carbonyl (C=O) groups is 3. The van der Waals surface area contributed by atoms with Crippen LogP contribution in [0.15, 0.2) is 35.4 Å². The van der Waals surface area contributed by atoms with E-state index in [1.165, 1.54) is 5.57 Å². The summed E-state index contributed by atoms with van der Waals surface area (Å²) in [6.07, 6.45) is 7.13. The summed E-state index contributed by atoms with van der Waals surface area (Å²) < 4.78 is 6.19. The number of esters is 1. The summed E-state index contributed by atoms with van der Waals surface area (Å²) in [6, 6.07) is 7.97. The molecular formula is C47H71ClN2O6. The van der Waals surface area contributed by atoms with Gasteiger partial charge in [0.1, 0.15) is 6.10 Å². The highest BCUT2D eigenvalue weighted by Crippen LogP contribution is 2.77. The van der Waals surface area contributed by atoms with E-state index in [-0.39, 0.29) is 51.8 Å². The SMILES string of the molecule is CNCCN(Cc1ccc(Cl)cc1)CC(O)[C@@]12CC[C@]3(C)[C@H](CCC4[C@@]5(C)CC[C@H](OC(=O)CC(C)(C)C(=O)O)C(C)(C)[C@@H]5CC[C@]43C)C1=C(C(C)C)C(=O)C2. The molecule has 9 heteroatoms. The first-order valence-electron chi connectivity index (χ1n) is 21.6. The Morgan fingerprint density at radius 1 is 0.964 bits per heavy atom. The molecular weight excluding hydrogens is 724 g/mol. The maximum absolute atomic E-state index is 14.3. The maximum atomic E-state index is 14.3. The highest BCUT2D eigenvalue weighted by Gasteiger charge is 2.71. The van der Waals surface area contributed by atoms with E-state index in [1.807, 2.05) is 19.2 Å². The Morgan fingerprint density at radius 3 is 2.27 bits per heavy atom. The van der Waals surface area contributed by atoms with Crippen molar-refractivity contribution >= 4 is 29.3 Å². The molecule has 0 aliphatic heterocycles. The van der Waals surface area contributed by atoms with Gasteiger partial charge in [0.15, 0.2) is 5.78 Å². The third kappa shape index (κ3) is 7.12. The van der Waals surface area contributed by atoms with Crippen LogP contribution in [-0.2, 0) is 25.7 Å². The zero-order valence-electron chi connectivity index (χ0n) is 36.0. The number of hydrogen-bond acceptors (Lipinski definition) is 7. The van der Waals surface area contributed by atoms with Crippen LogP contribution in [0.2, 0.25) is 5.02 Å². The molecule has 6 rings (SSSR count). The van der Waals surface area contributed by atoms with Crippen LogP contribution in [0.5, 0.6) is 0 Å². The van der Waals surface area contributed by atoms with Crippen molar-refractivity contribution in [2.24, 2.45) is 56.2 Å². The number of halogens is 1. The fraction of sp³-hybridized carbons (Fsp3) is 0.766. The molecule has 1 aromatic carbocycles. The molecule has 4 saturated carbocycles. The van der Waals surface area contributed by atoms with Gasteiger partial charge in [0.05, 0.1) is 17.9 Å². The van der Waals surface area contributed by atoms with Gasteiger partial charge in [0.2, 0.25) is 0 Å². The van der Waals surface area contributed by atoms with Gasteiger partial charge in [-0.3, -0.25) is 19.3 Å². The highest BCUT2D eigenvalue weighted by atomic mass is 35.5. The Kier molecular flexibility index (Phi) is 11.9. The molecule has 0 bridgehead atoms. The molecule has 8 nitrogen and oxygen atoms in total. The average molecular weight is 796 g/mol. The number of aliphatic hydroxyl groups is 1. The number of rotatable bonds is 13. The molecule has 3 N–H and O–H groups in total. The number of Topliss-reactive ketones (excluding diaryl/α,β-unsaturated/α-hetero) is 1. The van der Waals surface area contributed by atoms with Crippen LogP contribution >= 0.6 is 11.6 Å². The van der Waals surface area contributed by atoms with Gasteiger partial charge in [0.25, 0.3) is 0 Å². The summed E-state index contributed by atoms with van der Waals surface area (Å²) in [5, 5.41) is 26.3. The van der Waals surface area contributed by atoms with Crippen LogP contribution in [0.3, 0.4) is 0 Å². The van der Waals surface area contributed by atoms with E-state index < -0.39 is 28.9 Å². The average Bonchev–Trinajstić information content (AvgIpc) is 3.42. The number of nitrogens with one attached hydrogen (secondary N) is 1. The number of nitrogens with zero attached hydrogens (tertiary/aromatic N) is 1. The number of allylic oxidation sites excluding steroid dienone is 1. The maximum Gasteiger partial charge on any atom is 0.309 e. The van der Waals surface area contributed by atoms with E-state index in [0.717, 1.165) is 75.6 Å².